The molecule has 0 aliphatic heterocycles. The van der Waals surface area contributed by atoms with Crippen molar-refractivity contribution in [2.75, 3.05) is 7.11 Å². The van der Waals surface area contributed by atoms with Crippen molar-refractivity contribution in [3.63, 3.8) is 0 Å². The van der Waals surface area contributed by atoms with Gasteiger partial charge in [-0.3, -0.25) is 9.67 Å². The van der Waals surface area contributed by atoms with Crippen molar-refractivity contribution >= 4 is 32.8 Å². The summed E-state index contributed by atoms with van der Waals surface area (Å²) in [5.74, 6) is -0.371. The van der Waals surface area contributed by atoms with Gasteiger partial charge in [0.1, 0.15) is 0 Å². The zero-order valence-electron chi connectivity index (χ0n) is 11.3. The average Bonchev–Trinajstić information content (AvgIpc) is 2.89. The second-order valence-electron chi connectivity index (χ2n) is 4.54. The number of pyridine rings is 1. The van der Waals surface area contributed by atoms with Crippen molar-refractivity contribution in [1.82, 2.24) is 14.8 Å². The lowest BCUT2D eigenvalue weighted by atomic mass is 10.1. The molecule has 0 aliphatic carbocycles. The molecule has 0 aliphatic rings. The van der Waals surface area contributed by atoms with Crippen molar-refractivity contribution in [3.05, 3.63) is 58.5 Å². The summed E-state index contributed by atoms with van der Waals surface area (Å²) in [6.07, 6.45) is 5.18. The Hall–Kier alpha value is -2.21. The summed E-state index contributed by atoms with van der Waals surface area (Å²) in [5, 5.41) is 5.15. The van der Waals surface area contributed by atoms with E-state index in [9.17, 15) is 4.79 Å². The summed E-state index contributed by atoms with van der Waals surface area (Å²) >= 11 is 3.43. The molecule has 0 amide bonds. The zero-order chi connectivity index (χ0) is 14.8. The Morgan fingerprint density at radius 1 is 1.33 bits per heavy atom. The first kappa shape index (κ1) is 13.8. The number of hydrogen-bond donors (Lipinski definition) is 0. The van der Waals surface area contributed by atoms with E-state index in [-0.39, 0.29) is 5.97 Å². The van der Waals surface area contributed by atoms with Gasteiger partial charge in [-0.2, -0.15) is 5.10 Å². The van der Waals surface area contributed by atoms with Crippen LogP contribution in [0, 0.1) is 0 Å². The highest BCUT2D eigenvalue weighted by atomic mass is 79.9. The minimum atomic E-state index is -0.371. The molecule has 0 spiro atoms. The van der Waals surface area contributed by atoms with Crippen LogP contribution in [-0.2, 0) is 11.3 Å². The van der Waals surface area contributed by atoms with Gasteiger partial charge in [0.15, 0.2) is 0 Å². The van der Waals surface area contributed by atoms with Crippen molar-refractivity contribution in [3.8, 4) is 0 Å². The number of ether oxygens (including phenoxy) is 1. The lowest BCUT2D eigenvalue weighted by molar-refractivity contribution is 0.0603. The van der Waals surface area contributed by atoms with Gasteiger partial charge in [-0.15, -0.1) is 0 Å². The maximum Gasteiger partial charge on any atom is 0.338 e. The van der Waals surface area contributed by atoms with Crippen LogP contribution in [0.4, 0.5) is 0 Å². The molecule has 3 aromatic rings. The molecule has 0 fully saturated rings. The molecule has 0 saturated carbocycles. The molecule has 0 bridgehead atoms. The number of esters is 1. The number of carbonyl (C=O) groups is 1. The van der Waals surface area contributed by atoms with Gasteiger partial charge >= 0.3 is 5.97 Å². The molecule has 106 valence electrons. The van der Waals surface area contributed by atoms with Crippen LogP contribution in [0.15, 0.2) is 47.3 Å². The number of benzene rings is 1. The predicted octanol–water partition coefficient (Wildman–Crippen LogP) is 3.03. The van der Waals surface area contributed by atoms with E-state index in [2.05, 4.69) is 26.0 Å². The third-order valence-electron chi connectivity index (χ3n) is 3.21. The molecule has 6 heteroatoms. The van der Waals surface area contributed by atoms with Crippen molar-refractivity contribution < 1.29 is 9.53 Å². The number of methoxy groups -OCH3 is 1. The highest BCUT2D eigenvalue weighted by Gasteiger charge is 2.15. The molecule has 0 atom stereocenters. The highest BCUT2D eigenvalue weighted by molar-refractivity contribution is 9.10. The van der Waals surface area contributed by atoms with Crippen LogP contribution in [0.2, 0.25) is 0 Å². The van der Waals surface area contributed by atoms with E-state index in [1.807, 2.05) is 22.9 Å². The van der Waals surface area contributed by atoms with Crippen molar-refractivity contribution in [2.45, 2.75) is 6.54 Å². The predicted molar refractivity (Wildman–Crippen MR) is 82.1 cm³/mol. The van der Waals surface area contributed by atoms with Crippen LogP contribution < -0.4 is 0 Å². The maximum absolute atomic E-state index is 11.9. The Labute approximate surface area is 129 Å². The Balaban J connectivity index is 2.10. The molecule has 3 rings (SSSR count). The van der Waals surface area contributed by atoms with Gasteiger partial charge in [0.05, 0.1) is 30.9 Å². The van der Waals surface area contributed by atoms with Gasteiger partial charge in [0.25, 0.3) is 0 Å². The number of halogens is 1. The van der Waals surface area contributed by atoms with E-state index in [0.29, 0.717) is 12.1 Å². The number of aromatic nitrogens is 3. The topological polar surface area (TPSA) is 57.0 Å². The molecule has 21 heavy (non-hydrogen) atoms. The first-order valence-corrected chi connectivity index (χ1v) is 7.10. The average molecular weight is 346 g/mol. The summed E-state index contributed by atoms with van der Waals surface area (Å²) in [6, 6.07) is 7.56. The quantitative estimate of drug-likeness (QED) is 0.684. The molecule has 0 N–H and O–H groups in total. The van der Waals surface area contributed by atoms with Gasteiger partial charge in [-0.1, -0.05) is 15.9 Å². The number of nitrogens with zero attached hydrogens (tertiary/aromatic N) is 3. The molecule has 0 unspecified atom stereocenters. The molecular formula is C15H12BrN3O2. The number of fused-ring (bicyclic) bond motifs is 1. The maximum atomic E-state index is 11.9. The molecule has 5 nitrogen and oxygen atoms in total. The monoisotopic (exact) mass is 345 g/mol. The number of rotatable bonds is 3. The van der Waals surface area contributed by atoms with Gasteiger partial charge in [0, 0.05) is 22.3 Å². The summed E-state index contributed by atoms with van der Waals surface area (Å²) in [4.78, 5) is 15.9. The summed E-state index contributed by atoms with van der Waals surface area (Å²) in [7, 11) is 1.37. The van der Waals surface area contributed by atoms with Crippen molar-refractivity contribution in [2.24, 2.45) is 0 Å². The van der Waals surface area contributed by atoms with Gasteiger partial charge < -0.3 is 4.74 Å². The Bertz CT molecular complexity index is 799. The smallest absolute Gasteiger partial charge is 0.338 e. The normalized spacial score (nSPS) is 10.8. The fourth-order valence-electron chi connectivity index (χ4n) is 2.21. The Kier molecular flexibility index (Phi) is 3.70. The van der Waals surface area contributed by atoms with Crippen LogP contribution in [0.25, 0.3) is 10.9 Å². The number of hydrogen-bond acceptors (Lipinski definition) is 4. The summed E-state index contributed by atoms with van der Waals surface area (Å²) in [6.45, 7) is 0.614. The van der Waals surface area contributed by atoms with Gasteiger partial charge in [-0.25, -0.2) is 4.79 Å². The van der Waals surface area contributed by atoms with Crippen molar-refractivity contribution in [1.29, 1.82) is 0 Å². The fraction of sp³-hybridized carbons (Fsp3) is 0.133. The standard InChI is InChI=1S/C15H12BrN3O2/c1-21-15(20)12-6-11(16)7-14-13(12)8-18-19(14)9-10-2-4-17-5-3-10/h2-8H,9H2,1H3. The van der Waals surface area contributed by atoms with Crippen LogP contribution >= 0.6 is 15.9 Å². The SMILES string of the molecule is COC(=O)c1cc(Br)cc2c1cnn2Cc1ccncc1. The van der Waals surface area contributed by atoms with Crippen LogP contribution in [0.1, 0.15) is 15.9 Å². The second kappa shape index (κ2) is 5.65. The number of carbonyl (C=O) groups excluding carboxylic acids is 1. The fourth-order valence-corrected chi connectivity index (χ4v) is 2.65. The lowest BCUT2D eigenvalue weighted by Crippen LogP contribution is -2.04. The Morgan fingerprint density at radius 2 is 2.10 bits per heavy atom. The summed E-state index contributed by atoms with van der Waals surface area (Å²) in [5.41, 5.74) is 2.47. The second-order valence-corrected chi connectivity index (χ2v) is 5.45. The third-order valence-corrected chi connectivity index (χ3v) is 3.67. The van der Waals surface area contributed by atoms with E-state index < -0.39 is 0 Å². The lowest BCUT2D eigenvalue weighted by Gasteiger charge is -2.06. The van der Waals surface area contributed by atoms with Gasteiger partial charge in [0.2, 0.25) is 0 Å². The van der Waals surface area contributed by atoms with E-state index in [1.165, 1.54) is 7.11 Å². The van der Waals surface area contributed by atoms with Crippen LogP contribution in [-0.4, -0.2) is 27.8 Å². The third kappa shape index (κ3) is 2.67. The minimum absolute atomic E-state index is 0.371. The first-order valence-electron chi connectivity index (χ1n) is 6.31. The first-order chi connectivity index (χ1) is 10.2. The molecule has 1 aromatic carbocycles. The highest BCUT2D eigenvalue weighted by Crippen LogP contribution is 2.25. The minimum Gasteiger partial charge on any atom is -0.465 e. The summed E-state index contributed by atoms with van der Waals surface area (Å²) < 4.78 is 7.48. The van der Waals surface area contributed by atoms with E-state index in [4.69, 9.17) is 4.74 Å². The molecule has 2 heterocycles. The van der Waals surface area contributed by atoms with E-state index in [1.54, 1.807) is 24.7 Å². The Morgan fingerprint density at radius 3 is 2.81 bits per heavy atom. The zero-order valence-corrected chi connectivity index (χ0v) is 12.9. The van der Waals surface area contributed by atoms with E-state index >= 15 is 0 Å². The van der Waals surface area contributed by atoms with Crippen LogP contribution in [0.5, 0.6) is 0 Å². The molecule has 2 aromatic heterocycles. The molecule has 0 saturated heterocycles. The van der Waals surface area contributed by atoms with E-state index in [0.717, 1.165) is 20.9 Å². The van der Waals surface area contributed by atoms with Gasteiger partial charge in [-0.05, 0) is 29.8 Å². The van der Waals surface area contributed by atoms with Crippen LogP contribution in [0.3, 0.4) is 0 Å². The molecule has 0 radical (unpaired) electrons. The molecular weight excluding hydrogens is 334 g/mol. The largest absolute Gasteiger partial charge is 0.465 e.